The van der Waals surface area contributed by atoms with Gasteiger partial charge in [-0.3, -0.25) is 9.59 Å². The molecule has 0 saturated carbocycles. The molecule has 2 aromatic carbocycles. The molecule has 0 radical (unpaired) electrons. The molecule has 7 nitrogen and oxygen atoms in total. The van der Waals surface area contributed by atoms with Gasteiger partial charge >= 0.3 is 0 Å². The molecule has 160 valence electrons. The van der Waals surface area contributed by atoms with E-state index >= 15 is 0 Å². The van der Waals surface area contributed by atoms with Crippen molar-refractivity contribution in [2.75, 3.05) is 31.2 Å². The Labute approximate surface area is 174 Å². The van der Waals surface area contributed by atoms with Gasteiger partial charge < -0.3 is 15.3 Å². The van der Waals surface area contributed by atoms with Crippen molar-refractivity contribution < 1.29 is 27.5 Å². The van der Waals surface area contributed by atoms with E-state index in [2.05, 4.69) is 5.32 Å². The van der Waals surface area contributed by atoms with Crippen LogP contribution in [-0.2, 0) is 14.6 Å². The molecule has 1 aliphatic rings. The summed E-state index contributed by atoms with van der Waals surface area (Å²) in [7, 11) is -3.13. The Morgan fingerprint density at radius 1 is 1.00 bits per heavy atom. The van der Waals surface area contributed by atoms with Crippen LogP contribution in [0.4, 0.5) is 4.39 Å². The van der Waals surface area contributed by atoms with Crippen LogP contribution in [0.25, 0.3) is 11.1 Å². The first-order chi connectivity index (χ1) is 14.3. The third kappa shape index (κ3) is 5.43. The number of amides is 2. The minimum absolute atomic E-state index is 0.0293. The fourth-order valence-corrected chi connectivity index (χ4v) is 4.44. The molecular formula is C21H23FN2O5S. The first-order valence-corrected chi connectivity index (χ1v) is 11.4. The van der Waals surface area contributed by atoms with Crippen LogP contribution in [-0.4, -0.2) is 67.5 Å². The minimum Gasteiger partial charge on any atom is -0.396 e. The van der Waals surface area contributed by atoms with Crippen LogP contribution in [0.3, 0.4) is 0 Å². The lowest BCUT2D eigenvalue weighted by Crippen LogP contribution is -2.53. The van der Waals surface area contributed by atoms with Crippen molar-refractivity contribution in [2.45, 2.75) is 12.5 Å². The molecule has 2 amide bonds. The van der Waals surface area contributed by atoms with Gasteiger partial charge in [0.2, 0.25) is 5.91 Å². The smallest absolute Gasteiger partial charge is 0.251 e. The van der Waals surface area contributed by atoms with Gasteiger partial charge in [0.1, 0.15) is 11.9 Å². The van der Waals surface area contributed by atoms with Crippen molar-refractivity contribution in [2.24, 2.45) is 0 Å². The number of nitrogens with zero attached hydrogens (tertiary/aromatic N) is 1. The van der Waals surface area contributed by atoms with Crippen molar-refractivity contribution in [3.05, 3.63) is 59.9 Å². The number of halogens is 1. The molecule has 30 heavy (non-hydrogen) atoms. The lowest BCUT2D eigenvalue weighted by atomic mass is 10.0. The highest BCUT2D eigenvalue weighted by Gasteiger charge is 2.30. The Kier molecular flexibility index (Phi) is 6.84. The molecule has 0 unspecified atom stereocenters. The predicted octanol–water partition coefficient (Wildman–Crippen LogP) is 1.23. The number of hydrogen-bond acceptors (Lipinski definition) is 5. The Morgan fingerprint density at radius 2 is 1.53 bits per heavy atom. The lowest BCUT2D eigenvalue weighted by molar-refractivity contribution is -0.133. The molecule has 3 rings (SSSR count). The average molecular weight is 434 g/mol. The number of sulfone groups is 1. The summed E-state index contributed by atoms with van der Waals surface area (Å²) in [6, 6.07) is 11.7. The van der Waals surface area contributed by atoms with E-state index in [1.54, 1.807) is 36.4 Å². The standard InChI is InChI=1S/C21H23FN2O5S/c22-18-7-5-16(6-8-18)15-1-3-17(4-2-15)20(26)23-19(9-12-25)21(27)24-10-13-30(28,29)14-11-24/h1-8,19,25H,9-14H2,(H,23,26)/t19-/m0/s1. The van der Waals surface area contributed by atoms with Gasteiger partial charge in [-0.1, -0.05) is 24.3 Å². The normalized spacial score (nSPS) is 16.7. The fraction of sp³-hybridized carbons (Fsp3) is 0.333. The summed E-state index contributed by atoms with van der Waals surface area (Å²) in [4.78, 5) is 26.7. The Morgan fingerprint density at radius 3 is 2.07 bits per heavy atom. The van der Waals surface area contributed by atoms with Crippen LogP contribution in [0.15, 0.2) is 48.5 Å². The first kappa shape index (κ1) is 21.9. The summed E-state index contributed by atoms with van der Waals surface area (Å²) in [6.45, 7) is -0.150. The number of hydrogen-bond donors (Lipinski definition) is 2. The summed E-state index contributed by atoms with van der Waals surface area (Å²) in [6.07, 6.45) is 0.0293. The topological polar surface area (TPSA) is 104 Å². The quantitative estimate of drug-likeness (QED) is 0.712. The molecule has 1 atom stereocenters. The van der Waals surface area contributed by atoms with Gasteiger partial charge in [-0.2, -0.15) is 0 Å². The molecule has 0 spiro atoms. The second-order valence-electron chi connectivity index (χ2n) is 7.10. The highest BCUT2D eigenvalue weighted by Crippen LogP contribution is 2.20. The van der Waals surface area contributed by atoms with Gasteiger partial charge in [0.25, 0.3) is 5.91 Å². The number of aliphatic hydroxyl groups excluding tert-OH is 1. The summed E-state index contributed by atoms with van der Waals surface area (Å²) in [5, 5.41) is 11.9. The van der Waals surface area contributed by atoms with E-state index in [-0.39, 0.29) is 43.4 Å². The predicted molar refractivity (Wildman–Crippen MR) is 110 cm³/mol. The van der Waals surface area contributed by atoms with Gasteiger partial charge in [0.05, 0.1) is 11.5 Å². The summed E-state index contributed by atoms with van der Waals surface area (Å²) in [5.74, 6) is -1.43. The van der Waals surface area contributed by atoms with Crippen molar-refractivity contribution in [1.82, 2.24) is 10.2 Å². The van der Waals surface area contributed by atoms with Crippen LogP contribution in [0.2, 0.25) is 0 Å². The fourth-order valence-electron chi connectivity index (χ4n) is 3.24. The lowest BCUT2D eigenvalue weighted by Gasteiger charge is -2.30. The van der Waals surface area contributed by atoms with Crippen LogP contribution in [0, 0.1) is 5.82 Å². The Hall–Kier alpha value is -2.78. The third-order valence-electron chi connectivity index (χ3n) is 5.00. The molecule has 1 fully saturated rings. The van der Waals surface area contributed by atoms with Crippen LogP contribution < -0.4 is 5.32 Å². The van der Waals surface area contributed by atoms with E-state index in [0.717, 1.165) is 11.1 Å². The van der Waals surface area contributed by atoms with Crippen LogP contribution in [0.1, 0.15) is 16.8 Å². The molecule has 0 bridgehead atoms. The average Bonchev–Trinajstić information content (AvgIpc) is 2.73. The number of carbonyl (C=O) groups excluding carboxylic acids is 2. The molecule has 0 aromatic heterocycles. The summed E-state index contributed by atoms with van der Waals surface area (Å²) >= 11 is 0. The van der Waals surface area contributed by atoms with Crippen molar-refractivity contribution >= 4 is 21.7 Å². The first-order valence-electron chi connectivity index (χ1n) is 9.56. The molecule has 1 saturated heterocycles. The highest BCUT2D eigenvalue weighted by atomic mass is 32.2. The SMILES string of the molecule is O=C(N[C@@H](CCO)C(=O)N1CCS(=O)(=O)CC1)c1ccc(-c2ccc(F)cc2)cc1. The maximum absolute atomic E-state index is 13.1. The van der Waals surface area contributed by atoms with Gasteiger partial charge in [-0.25, -0.2) is 12.8 Å². The largest absolute Gasteiger partial charge is 0.396 e. The van der Waals surface area contributed by atoms with E-state index in [9.17, 15) is 27.5 Å². The molecule has 2 N–H and O–H groups in total. The van der Waals surface area contributed by atoms with Crippen LogP contribution >= 0.6 is 0 Å². The maximum Gasteiger partial charge on any atom is 0.251 e. The van der Waals surface area contributed by atoms with Gasteiger partial charge in [-0.05, 0) is 41.8 Å². The zero-order valence-electron chi connectivity index (χ0n) is 16.3. The van der Waals surface area contributed by atoms with E-state index < -0.39 is 27.7 Å². The van der Waals surface area contributed by atoms with Crippen LogP contribution in [0.5, 0.6) is 0 Å². The Bertz CT molecular complexity index is 993. The molecule has 9 heteroatoms. The number of carbonyl (C=O) groups is 2. The zero-order chi connectivity index (χ0) is 21.7. The third-order valence-corrected chi connectivity index (χ3v) is 6.61. The van der Waals surface area contributed by atoms with Gasteiger partial charge in [0, 0.05) is 25.3 Å². The highest BCUT2D eigenvalue weighted by molar-refractivity contribution is 7.91. The van der Waals surface area contributed by atoms with Gasteiger partial charge in [0.15, 0.2) is 9.84 Å². The molecule has 0 aliphatic carbocycles. The van der Waals surface area contributed by atoms with E-state index in [1.165, 1.54) is 17.0 Å². The summed E-state index contributed by atoms with van der Waals surface area (Å²) in [5.41, 5.74) is 1.94. The number of nitrogens with one attached hydrogen (secondary N) is 1. The Balaban J connectivity index is 1.67. The zero-order valence-corrected chi connectivity index (χ0v) is 17.1. The van der Waals surface area contributed by atoms with Crippen molar-refractivity contribution in [3.8, 4) is 11.1 Å². The molecule has 1 aliphatic heterocycles. The molecule has 1 heterocycles. The number of rotatable bonds is 6. The molecule has 2 aromatic rings. The second kappa shape index (κ2) is 9.36. The maximum atomic E-state index is 13.1. The van der Waals surface area contributed by atoms with E-state index in [1.807, 2.05) is 0 Å². The van der Waals surface area contributed by atoms with Crippen molar-refractivity contribution in [1.29, 1.82) is 0 Å². The van der Waals surface area contributed by atoms with E-state index in [0.29, 0.717) is 5.56 Å². The number of aliphatic hydroxyl groups is 1. The van der Waals surface area contributed by atoms with Gasteiger partial charge in [-0.15, -0.1) is 0 Å². The second-order valence-corrected chi connectivity index (χ2v) is 9.40. The van der Waals surface area contributed by atoms with E-state index in [4.69, 9.17) is 0 Å². The minimum atomic E-state index is -3.13. The van der Waals surface area contributed by atoms with Crippen molar-refractivity contribution in [3.63, 3.8) is 0 Å². The molecular weight excluding hydrogens is 411 g/mol. The monoisotopic (exact) mass is 434 g/mol. The summed E-state index contributed by atoms with van der Waals surface area (Å²) < 4.78 is 36.2. The number of benzene rings is 2.